The summed E-state index contributed by atoms with van der Waals surface area (Å²) in [5, 5.41) is 0. The van der Waals surface area contributed by atoms with Crippen LogP contribution in [-0.2, 0) is 15.3 Å². The quantitative estimate of drug-likeness (QED) is 0.372. The highest BCUT2D eigenvalue weighted by Crippen LogP contribution is 2.42. The Morgan fingerprint density at radius 1 is 0.552 bits per heavy atom. The van der Waals surface area contributed by atoms with E-state index in [0.717, 1.165) is 21.6 Å². The van der Waals surface area contributed by atoms with Crippen molar-refractivity contribution in [1.29, 1.82) is 0 Å². The first-order valence-corrected chi connectivity index (χ1v) is 11.5. The van der Waals surface area contributed by atoms with Gasteiger partial charge in [-0.25, -0.2) is 8.57 Å². The molecule has 0 amide bonds. The number of nitrogens with zero attached hydrogens (tertiary/aromatic N) is 1. The van der Waals surface area contributed by atoms with Gasteiger partial charge in [0.1, 0.15) is 5.54 Å². The average Bonchev–Trinajstić information content (AvgIpc) is 2.80. The summed E-state index contributed by atoms with van der Waals surface area (Å²) in [5.41, 5.74) is 2.08. The Labute approximate surface area is 173 Å². The number of hydrogen-bond donors (Lipinski definition) is 0. The highest BCUT2D eigenvalue weighted by molar-refractivity contribution is 7.93. The second kappa shape index (κ2) is 8.06. The van der Waals surface area contributed by atoms with Crippen molar-refractivity contribution >= 4 is 9.73 Å². The molecule has 1 atom stereocenters. The lowest BCUT2D eigenvalue weighted by molar-refractivity contribution is 0.638. The van der Waals surface area contributed by atoms with Gasteiger partial charge in [-0.3, -0.25) is 0 Å². The van der Waals surface area contributed by atoms with Gasteiger partial charge in [-0.1, -0.05) is 109 Å². The summed E-state index contributed by atoms with van der Waals surface area (Å²) in [5.74, 6) is 0. The largest absolute Gasteiger partial charge is 0.245 e. The van der Waals surface area contributed by atoms with Crippen molar-refractivity contribution in [2.24, 2.45) is 4.36 Å². The molecule has 3 heteroatoms. The molecule has 4 rings (SSSR count). The van der Waals surface area contributed by atoms with Crippen LogP contribution in [-0.4, -0.2) is 10.5 Å². The van der Waals surface area contributed by atoms with E-state index in [0.29, 0.717) is 0 Å². The summed E-state index contributed by atoms with van der Waals surface area (Å²) in [4.78, 5) is 0.729. The van der Waals surface area contributed by atoms with E-state index in [1.54, 1.807) is 6.26 Å². The molecular formula is C26H23NOS. The lowest BCUT2D eigenvalue weighted by Gasteiger charge is -2.32. The van der Waals surface area contributed by atoms with Crippen LogP contribution in [0, 0.1) is 0 Å². The van der Waals surface area contributed by atoms with Crippen LogP contribution in [0.2, 0.25) is 0 Å². The molecule has 0 radical (unpaired) electrons. The minimum Gasteiger partial charge on any atom is -0.245 e. The molecule has 0 spiro atoms. The molecule has 0 aromatic heterocycles. The molecule has 0 aliphatic carbocycles. The van der Waals surface area contributed by atoms with E-state index in [9.17, 15) is 4.21 Å². The number of benzene rings is 4. The second-order valence-electron chi connectivity index (χ2n) is 7.02. The molecular weight excluding hydrogens is 374 g/mol. The minimum atomic E-state index is -2.69. The predicted molar refractivity (Wildman–Crippen MR) is 120 cm³/mol. The Morgan fingerprint density at radius 2 is 0.862 bits per heavy atom. The van der Waals surface area contributed by atoms with E-state index in [-0.39, 0.29) is 0 Å². The van der Waals surface area contributed by atoms with Crippen LogP contribution in [0.5, 0.6) is 0 Å². The van der Waals surface area contributed by atoms with E-state index in [2.05, 4.69) is 36.4 Å². The van der Waals surface area contributed by atoms with Crippen LogP contribution in [0.3, 0.4) is 0 Å². The fourth-order valence-electron chi connectivity index (χ4n) is 3.68. The Balaban J connectivity index is 2.12. The molecule has 1 unspecified atom stereocenters. The van der Waals surface area contributed by atoms with Crippen LogP contribution < -0.4 is 0 Å². The standard InChI is InChI=1S/C26H23NOS/c1-29(28,25-20-12-5-13-21-25)27-26(22-14-6-2-7-15-22,23-16-8-3-9-17-23)24-18-10-4-11-19-24/h2-21H,1H3. The molecule has 29 heavy (non-hydrogen) atoms. The fraction of sp³-hybridized carbons (Fsp3) is 0.0769. The third-order valence-corrected chi connectivity index (χ3v) is 6.84. The normalized spacial score (nSPS) is 13.4. The van der Waals surface area contributed by atoms with Gasteiger partial charge in [0.15, 0.2) is 0 Å². The highest BCUT2D eigenvalue weighted by Gasteiger charge is 2.37. The average molecular weight is 398 g/mol. The van der Waals surface area contributed by atoms with Gasteiger partial charge in [-0.2, -0.15) is 0 Å². The Hall–Kier alpha value is -3.17. The zero-order valence-corrected chi connectivity index (χ0v) is 17.1. The van der Waals surface area contributed by atoms with Crippen LogP contribution in [0.15, 0.2) is 131 Å². The van der Waals surface area contributed by atoms with Gasteiger partial charge in [-0.15, -0.1) is 0 Å². The molecule has 4 aromatic carbocycles. The maximum Gasteiger partial charge on any atom is 0.145 e. The summed E-state index contributed by atoms with van der Waals surface area (Å²) >= 11 is 0. The predicted octanol–water partition coefficient (Wildman–Crippen LogP) is 6.14. The molecule has 4 aromatic rings. The Morgan fingerprint density at radius 3 is 1.21 bits per heavy atom. The molecule has 0 N–H and O–H groups in total. The maximum absolute atomic E-state index is 14.0. The number of hydrogen-bond acceptors (Lipinski definition) is 2. The van der Waals surface area contributed by atoms with Gasteiger partial charge in [0.25, 0.3) is 0 Å². The molecule has 2 nitrogen and oxygen atoms in total. The first kappa shape index (κ1) is 19.2. The lowest BCUT2D eigenvalue weighted by atomic mass is 9.78. The second-order valence-corrected chi connectivity index (χ2v) is 9.27. The summed E-state index contributed by atoms with van der Waals surface area (Å²) in [7, 11) is -2.69. The van der Waals surface area contributed by atoms with Crippen molar-refractivity contribution in [3.05, 3.63) is 138 Å². The summed E-state index contributed by atoms with van der Waals surface area (Å²) in [6.45, 7) is 0. The van der Waals surface area contributed by atoms with Gasteiger partial charge in [0.05, 0.1) is 9.73 Å². The van der Waals surface area contributed by atoms with Gasteiger partial charge in [-0.05, 0) is 28.8 Å². The monoisotopic (exact) mass is 397 g/mol. The van der Waals surface area contributed by atoms with Crippen LogP contribution in [0.25, 0.3) is 0 Å². The fourth-order valence-corrected chi connectivity index (χ4v) is 5.29. The molecule has 0 saturated carbocycles. The van der Waals surface area contributed by atoms with Crippen molar-refractivity contribution in [3.8, 4) is 0 Å². The molecule has 0 fully saturated rings. The van der Waals surface area contributed by atoms with E-state index in [1.807, 2.05) is 84.9 Å². The molecule has 0 heterocycles. The van der Waals surface area contributed by atoms with Crippen LogP contribution in [0.4, 0.5) is 0 Å². The van der Waals surface area contributed by atoms with Crippen molar-refractivity contribution in [1.82, 2.24) is 0 Å². The molecule has 0 aliphatic heterocycles. The van der Waals surface area contributed by atoms with E-state index in [4.69, 9.17) is 4.36 Å². The van der Waals surface area contributed by atoms with E-state index in [1.165, 1.54) is 0 Å². The summed E-state index contributed by atoms with van der Waals surface area (Å²) in [6.07, 6.45) is 1.73. The third kappa shape index (κ3) is 3.74. The van der Waals surface area contributed by atoms with Crippen LogP contribution in [0.1, 0.15) is 16.7 Å². The molecule has 144 valence electrons. The number of rotatable bonds is 5. The van der Waals surface area contributed by atoms with Crippen molar-refractivity contribution in [3.63, 3.8) is 0 Å². The van der Waals surface area contributed by atoms with Gasteiger partial charge < -0.3 is 0 Å². The minimum absolute atomic E-state index is 0.729. The summed E-state index contributed by atoms with van der Waals surface area (Å²) in [6, 6.07) is 39.9. The first-order chi connectivity index (χ1) is 14.1. The van der Waals surface area contributed by atoms with E-state index < -0.39 is 15.3 Å². The Kier molecular flexibility index (Phi) is 5.32. The zero-order chi connectivity index (χ0) is 20.2. The molecule has 0 saturated heterocycles. The van der Waals surface area contributed by atoms with Gasteiger partial charge in [0.2, 0.25) is 0 Å². The van der Waals surface area contributed by atoms with Crippen LogP contribution >= 0.6 is 0 Å². The molecule has 0 aliphatic rings. The van der Waals surface area contributed by atoms with Crippen molar-refractivity contribution in [2.75, 3.05) is 6.26 Å². The SMILES string of the molecule is CS(=O)(=NC(c1ccccc1)(c1ccccc1)c1ccccc1)c1ccccc1. The zero-order valence-electron chi connectivity index (χ0n) is 16.3. The van der Waals surface area contributed by atoms with Crippen molar-refractivity contribution in [2.45, 2.75) is 10.4 Å². The Bertz CT molecular complexity index is 1080. The smallest absolute Gasteiger partial charge is 0.145 e. The highest BCUT2D eigenvalue weighted by atomic mass is 32.2. The first-order valence-electron chi connectivity index (χ1n) is 9.58. The van der Waals surface area contributed by atoms with Gasteiger partial charge >= 0.3 is 0 Å². The van der Waals surface area contributed by atoms with Crippen molar-refractivity contribution < 1.29 is 4.21 Å². The molecule has 0 bridgehead atoms. The maximum atomic E-state index is 14.0. The van der Waals surface area contributed by atoms with Gasteiger partial charge in [0, 0.05) is 11.2 Å². The third-order valence-electron chi connectivity index (χ3n) is 5.07. The topological polar surface area (TPSA) is 29.4 Å². The summed E-state index contributed by atoms with van der Waals surface area (Å²) < 4.78 is 19.1. The van der Waals surface area contributed by atoms with E-state index >= 15 is 0 Å². The lowest BCUT2D eigenvalue weighted by Crippen LogP contribution is -2.28.